The summed E-state index contributed by atoms with van der Waals surface area (Å²) >= 11 is 0. The molecule has 0 aromatic heterocycles. The third-order valence-electron chi connectivity index (χ3n) is 3.48. The minimum atomic E-state index is -0.457. The number of rotatable bonds is 2. The molecule has 0 radical (unpaired) electrons. The first kappa shape index (κ1) is 31.6. The fraction of sp³-hybridized carbons (Fsp3) is 0.727. The van der Waals surface area contributed by atoms with Crippen LogP contribution in [0.3, 0.4) is 0 Å². The average Bonchev–Trinajstić information content (AvgIpc) is 2.34. The van der Waals surface area contributed by atoms with Gasteiger partial charge in [-0.3, -0.25) is 9.59 Å². The molecular formula is C22H38O4Sr. The monoisotopic (exact) mass is 454 g/mol. The molecule has 0 saturated heterocycles. The minimum Gasteiger partial charge on any atom is -0.875 e. The SMILES string of the molecule is CC(C)(C)C(=O)/C=C(/[O-])C(C)(C)C.CC(C)(C)C(=O)/C=C(\[O-])C(C)(C)C.[Sr+2]. The molecule has 0 bridgehead atoms. The summed E-state index contributed by atoms with van der Waals surface area (Å²) in [4.78, 5) is 22.9. The predicted octanol–water partition coefficient (Wildman–Crippen LogP) is 3.40. The van der Waals surface area contributed by atoms with Crippen molar-refractivity contribution in [3.8, 4) is 0 Å². The van der Waals surface area contributed by atoms with Crippen molar-refractivity contribution < 1.29 is 19.8 Å². The molecule has 0 aliphatic carbocycles. The van der Waals surface area contributed by atoms with Crippen molar-refractivity contribution in [3.05, 3.63) is 23.7 Å². The maximum Gasteiger partial charge on any atom is 2.00 e. The Kier molecular flexibility index (Phi) is 13.1. The summed E-state index contributed by atoms with van der Waals surface area (Å²) in [6.45, 7) is 21.7. The molecule has 0 heterocycles. The molecule has 0 fully saturated rings. The first-order valence-electron chi connectivity index (χ1n) is 8.97. The van der Waals surface area contributed by atoms with Gasteiger partial charge in [0.1, 0.15) is 0 Å². The van der Waals surface area contributed by atoms with Crippen LogP contribution in [-0.4, -0.2) is 57.0 Å². The normalized spacial score (nSPS) is 13.9. The van der Waals surface area contributed by atoms with E-state index in [0.717, 1.165) is 0 Å². The zero-order valence-electron chi connectivity index (χ0n) is 19.5. The van der Waals surface area contributed by atoms with E-state index in [2.05, 4.69) is 0 Å². The van der Waals surface area contributed by atoms with Crippen LogP contribution in [0.1, 0.15) is 83.1 Å². The van der Waals surface area contributed by atoms with Crippen LogP contribution in [0.5, 0.6) is 0 Å². The second kappa shape index (κ2) is 11.2. The van der Waals surface area contributed by atoms with E-state index in [1.165, 1.54) is 12.2 Å². The van der Waals surface area contributed by atoms with E-state index in [4.69, 9.17) is 0 Å². The van der Waals surface area contributed by atoms with E-state index < -0.39 is 21.7 Å². The molecule has 5 heteroatoms. The minimum absolute atomic E-state index is 0. The molecule has 27 heavy (non-hydrogen) atoms. The van der Waals surface area contributed by atoms with E-state index in [-0.39, 0.29) is 68.6 Å². The molecule has 152 valence electrons. The summed E-state index contributed by atoms with van der Waals surface area (Å²) < 4.78 is 0. The van der Waals surface area contributed by atoms with Gasteiger partial charge in [-0.1, -0.05) is 83.1 Å². The second-order valence-electron chi connectivity index (χ2n) is 10.7. The Hall–Kier alpha value is -0.0995. The maximum absolute atomic E-state index is 11.4. The molecule has 0 aromatic carbocycles. The summed E-state index contributed by atoms with van der Waals surface area (Å²) in [6, 6.07) is 0. The number of hydrogen-bond acceptors (Lipinski definition) is 4. The van der Waals surface area contributed by atoms with E-state index in [0.29, 0.717) is 0 Å². The molecule has 0 rings (SSSR count). The van der Waals surface area contributed by atoms with Crippen LogP contribution in [0.25, 0.3) is 0 Å². The summed E-state index contributed by atoms with van der Waals surface area (Å²) in [7, 11) is 0. The van der Waals surface area contributed by atoms with Gasteiger partial charge in [-0.15, -0.1) is 11.5 Å². The van der Waals surface area contributed by atoms with Crippen molar-refractivity contribution in [1.82, 2.24) is 0 Å². The molecule has 0 saturated carbocycles. The number of allylic oxidation sites excluding steroid dienone is 4. The van der Waals surface area contributed by atoms with E-state index in [1.807, 2.05) is 83.1 Å². The van der Waals surface area contributed by atoms with Gasteiger partial charge in [-0.25, -0.2) is 0 Å². The summed E-state index contributed by atoms with van der Waals surface area (Å²) in [5.41, 5.74) is -1.83. The zero-order chi connectivity index (χ0) is 21.7. The van der Waals surface area contributed by atoms with Crippen LogP contribution < -0.4 is 10.2 Å². The largest absolute Gasteiger partial charge is 2.00 e. The second-order valence-corrected chi connectivity index (χ2v) is 10.7. The fourth-order valence-electron chi connectivity index (χ4n) is 1.10. The first-order valence-corrected chi connectivity index (χ1v) is 8.97. The van der Waals surface area contributed by atoms with Gasteiger partial charge < -0.3 is 10.2 Å². The summed E-state index contributed by atoms with van der Waals surface area (Å²) in [6.07, 6.45) is 2.44. The topological polar surface area (TPSA) is 80.3 Å². The van der Waals surface area contributed by atoms with Gasteiger partial charge >= 0.3 is 45.5 Å². The van der Waals surface area contributed by atoms with Crippen molar-refractivity contribution >= 4 is 57.0 Å². The fourth-order valence-corrected chi connectivity index (χ4v) is 1.10. The van der Waals surface area contributed by atoms with Crippen LogP contribution >= 0.6 is 0 Å². The molecule has 0 aliphatic heterocycles. The third kappa shape index (κ3) is 14.5. The van der Waals surface area contributed by atoms with Crippen molar-refractivity contribution in [2.75, 3.05) is 0 Å². The van der Waals surface area contributed by atoms with Crippen molar-refractivity contribution in [3.63, 3.8) is 0 Å². The zero-order valence-corrected chi connectivity index (χ0v) is 23.0. The van der Waals surface area contributed by atoms with Crippen LogP contribution in [0.2, 0.25) is 0 Å². The smallest absolute Gasteiger partial charge is 0.875 e. The molecule has 0 amide bonds. The van der Waals surface area contributed by atoms with Crippen LogP contribution in [0, 0.1) is 21.7 Å². The Balaban J connectivity index is -0.000000411. The van der Waals surface area contributed by atoms with Gasteiger partial charge in [0.25, 0.3) is 0 Å². The van der Waals surface area contributed by atoms with Crippen LogP contribution in [-0.2, 0) is 9.59 Å². The van der Waals surface area contributed by atoms with Gasteiger partial charge in [0.15, 0.2) is 11.6 Å². The molecule has 0 aliphatic rings. The Morgan fingerprint density at radius 1 is 0.519 bits per heavy atom. The van der Waals surface area contributed by atoms with Gasteiger partial charge in [-0.05, 0) is 23.0 Å². The predicted molar refractivity (Wildman–Crippen MR) is 110 cm³/mol. The van der Waals surface area contributed by atoms with Crippen LogP contribution in [0.4, 0.5) is 0 Å². The van der Waals surface area contributed by atoms with Gasteiger partial charge in [-0.2, -0.15) is 0 Å². The molecule has 0 aromatic rings. The average molecular weight is 454 g/mol. The number of hydrogen-bond donors (Lipinski definition) is 0. The van der Waals surface area contributed by atoms with Gasteiger partial charge in [0.2, 0.25) is 0 Å². The summed E-state index contributed by atoms with van der Waals surface area (Å²) in [5.74, 6) is -0.417. The standard InChI is InChI=1S/2C11H20O2.Sr/c2*1-10(2,3)8(12)7-9(13)11(4,5)6;/h2*7,12H,1-6H3;/q;;+2/p-2/b8-7+;8-7-;. The number of carbonyl (C=O) groups excluding carboxylic acids is 2. The summed E-state index contributed by atoms with van der Waals surface area (Å²) in [5, 5.41) is 22.9. The first-order chi connectivity index (χ1) is 11.1. The van der Waals surface area contributed by atoms with Crippen molar-refractivity contribution in [2.24, 2.45) is 21.7 Å². The third-order valence-corrected chi connectivity index (χ3v) is 3.48. The quantitative estimate of drug-likeness (QED) is 0.364. The Bertz CT molecular complexity index is 505. The number of ketones is 2. The van der Waals surface area contributed by atoms with Crippen molar-refractivity contribution in [2.45, 2.75) is 83.1 Å². The van der Waals surface area contributed by atoms with Gasteiger partial charge in [0, 0.05) is 10.8 Å². The van der Waals surface area contributed by atoms with Crippen molar-refractivity contribution in [1.29, 1.82) is 0 Å². The molecule has 0 unspecified atom stereocenters. The molecule has 0 atom stereocenters. The van der Waals surface area contributed by atoms with Crippen LogP contribution in [0.15, 0.2) is 23.7 Å². The molecule has 0 N–H and O–H groups in total. The van der Waals surface area contributed by atoms with E-state index >= 15 is 0 Å². The Labute approximate surface area is 203 Å². The molecule has 4 nitrogen and oxygen atoms in total. The maximum atomic E-state index is 11.4. The molecule has 0 spiro atoms. The Morgan fingerprint density at radius 2 is 0.704 bits per heavy atom. The number of carbonyl (C=O) groups is 2. The van der Waals surface area contributed by atoms with E-state index in [1.54, 1.807) is 0 Å². The van der Waals surface area contributed by atoms with Gasteiger partial charge in [0.05, 0.1) is 0 Å². The Morgan fingerprint density at radius 3 is 0.815 bits per heavy atom. The van der Waals surface area contributed by atoms with E-state index in [9.17, 15) is 19.8 Å². The molecular weight excluding hydrogens is 416 g/mol.